The van der Waals surface area contributed by atoms with Gasteiger partial charge < -0.3 is 10.7 Å². The van der Waals surface area contributed by atoms with E-state index in [1.54, 1.807) is 30.3 Å². The molecule has 3 rings (SSSR count). The summed E-state index contributed by atoms with van der Waals surface area (Å²) in [5, 5.41) is 4.29. The molecule has 0 saturated carbocycles. The lowest BCUT2D eigenvalue weighted by atomic mass is 10.1. The van der Waals surface area contributed by atoms with Crippen molar-refractivity contribution in [3.63, 3.8) is 0 Å². The number of carbonyl (C=O) groups excluding carboxylic acids is 1. The van der Waals surface area contributed by atoms with Crippen LogP contribution < -0.4 is 16.7 Å². The van der Waals surface area contributed by atoms with E-state index >= 15 is 0 Å². The number of carbonyl (C=O) groups is 1. The molecular weight excluding hydrogens is 311 g/mol. The predicted molar refractivity (Wildman–Crippen MR) is 90.4 cm³/mol. The molecule has 0 bridgehead atoms. The number of fused-ring (bicyclic) bond motifs is 1. The van der Waals surface area contributed by atoms with E-state index < -0.39 is 17.3 Å². The highest BCUT2D eigenvalue weighted by Gasteiger charge is 2.16. The number of pyridine rings is 1. The second kappa shape index (κ2) is 6.33. The van der Waals surface area contributed by atoms with Gasteiger partial charge in [-0.2, -0.15) is 5.10 Å². The number of hydrogen-bond acceptors (Lipinski definition) is 4. The van der Waals surface area contributed by atoms with Crippen molar-refractivity contribution >= 4 is 28.7 Å². The van der Waals surface area contributed by atoms with Gasteiger partial charge in [-0.1, -0.05) is 30.3 Å². The molecule has 0 unspecified atom stereocenters. The van der Waals surface area contributed by atoms with Gasteiger partial charge in [-0.25, -0.2) is 9.82 Å². The van der Waals surface area contributed by atoms with Gasteiger partial charge >= 0.3 is 0 Å². The van der Waals surface area contributed by atoms with Crippen LogP contribution in [0.5, 0.6) is 0 Å². The fourth-order valence-corrected chi connectivity index (χ4v) is 2.30. The summed E-state index contributed by atoms with van der Waals surface area (Å²) in [6, 6.07) is 12.6. The Morgan fingerprint density at radius 2 is 2.00 bits per heavy atom. The first-order chi connectivity index (χ1) is 11.6. The summed E-state index contributed by atoms with van der Waals surface area (Å²) in [6.07, 6.45) is 1.27. The van der Waals surface area contributed by atoms with E-state index in [2.05, 4.69) is 15.5 Å². The topological polar surface area (TPSA) is 100 Å². The van der Waals surface area contributed by atoms with Crippen LogP contribution in [0.4, 0.5) is 10.1 Å². The third-order valence-corrected chi connectivity index (χ3v) is 3.42. The van der Waals surface area contributed by atoms with Crippen molar-refractivity contribution in [3.8, 4) is 0 Å². The molecule has 0 fully saturated rings. The molecule has 24 heavy (non-hydrogen) atoms. The van der Waals surface area contributed by atoms with Crippen LogP contribution in [0.2, 0.25) is 0 Å². The Kier molecular flexibility index (Phi) is 4.07. The molecule has 0 aliphatic carbocycles. The molecule has 0 atom stereocenters. The normalized spacial score (nSPS) is 11.0. The zero-order chi connectivity index (χ0) is 17.1. The second-order valence-electron chi connectivity index (χ2n) is 5.04. The van der Waals surface area contributed by atoms with Gasteiger partial charge in [-0.3, -0.25) is 9.59 Å². The van der Waals surface area contributed by atoms with E-state index in [4.69, 9.17) is 5.73 Å². The maximum atomic E-state index is 13.1. The minimum atomic E-state index is -0.743. The fraction of sp³-hybridized carbons (Fsp3) is 0. The van der Waals surface area contributed by atoms with Crippen LogP contribution in [0.3, 0.4) is 0 Å². The molecule has 1 amide bonds. The smallest absolute Gasteiger partial charge is 0.279 e. The number of nitrogen functional groups attached to an aromatic ring is 1. The number of aromatic amines is 1. The Bertz CT molecular complexity index is 1010. The van der Waals surface area contributed by atoms with E-state index in [1.807, 2.05) is 0 Å². The third-order valence-electron chi connectivity index (χ3n) is 3.42. The fourth-order valence-electron chi connectivity index (χ4n) is 2.30. The number of H-pyrrole nitrogens is 1. The highest BCUT2D eigenvalue weighted by Crippen LogP contribution is 2.19. The molecule has 7 heteroatoms. The Hall–Kier alpha value is -3.48. The number of amides is 1. The van der Waals surface area contributed by atoms with E-state index in [9.17, 15) is 14.0 Å². The molecule has 0 aliphatic heterocycles. The van der Waals surface area contributed by atoms with Crippen molar-refractivity contribution in [2.24, 2.45) is 5.10 Å². The monoisotopic (exact) mass is 324 g/mol. The molecule has 2 aromatic carbocycles. The van der Waals surface area contributed by atoms with E-state index in [1.165, 1.54) is 24.4 Å². The van der Waals surface area contributed by atoms with Crippen LogP contribution in [0.15, 0.2) is 58.4 Å². The van der Waals surface area contributed by atoms with Gasteiger partial charge in [0.25, 0.3) is 11.5 Å². The minimum Gasteiger partial charge on any atom is -0.397 e. The maximum absolute atomic E-state index is 13.1. The highest BCUT2D eigenvalue weighted by molar-refractivity contribution is 6.06. The lowest BCUT2D eigenvalue weighted by Gasteiger charge is -2.07. The first kappa shape index (κ1) is 15.4. The zero-order valence-corrected chi connectivity index (χ0v) is 12.4. The van der Waals surface area contributed by atoms with Crippen LogP contribution in [-0.2, 0) is 0 Å². The first-order valence-electron chi connectivity index (χ1n) is 7.06. The first-order valence-corrected chi connectivity index (χ1v) is 7.06. The molecule has 0 aliphatic rings. The number of aromatic nitrogens is 1. The van der Waals surface area contributed by atoms with Gasteiger partial charge in [-0.15, -0.1) is 0 Å². The second-order valence-corrected chi connectivity index (χ2v) is 5.04. The number of nitrogens with two attached hydrogens (primary N) is 1. The molecule has 1 aromatic heterocycles. The number of nitrogens with one attached hydrogen (secondary N) is 2. The lowest BCUT2D eigenvalue weighted by molar-refractivity contribution is 0.0954. The summed E-state index contributed by atoms with van der Waals surface area (Å²) >= 11 is 0. The molecule has 0 spiro atoms. The summed E-state index contributed by atoms with van der Waals surface area (Å²) in [7, 11) is 0. The van der Waals surface area contributed by atoms with Crippen molar-refractivity contribution in [2.75, 3.05) is 5.73 Å². The van der Waals surface area contributed by atoms with Crippen molar-refractivity contribution in [2.45, 2.75) is 0 Å². The summed E-state index contributed by atoms with van der Waals surface area (Å²) in [5.41, 5.74) is 8.42. The number of rotatable bonds is 3. The molecule has 3 aromatic rings. The van der Waals surface area contributed by atoms with Crippen molar-refractivity contribution < 1.29 is 9.18 Å². The number of benzene rings is 2. The average Bonchev–Trinajstić information content (AvgIpc) is 2.55. The summed E-state index contributed by atoms with van der Waals surface area (Å²) in [5.74, 6) is -1.16. The molecule has 6 nitrogen and oxygen atoms in total. The Morgan fingerprint density at radius 1 is 1.21 bits per heavy atom. The lowest BCUT2D eigenvalue weighted by Crippen LogP contribution is -2.28. The van der Waals surface area contributed by atoms with Crippen molar-refractivity contribution in [1.82, 2.24) is 10.4 Å². The largest absolute Gasteiger partial charge is 0.397 e. The van der Waals surface area contributed by atoms with E-state index in [-0.39, 0.29) is 11.3 Å². The van der Waals surface area contributed by atoms with Gasteiger partial charge in [0.2, 0.25) is 0 Å². The molecule has 1 heterocycles. The van der Waals surface area contributed by atoms with Crippen LogP contribution >= 0.6 is 0 Å². The Balaban J connectivity index is 1.88. The van der Waals surface area contributed by atoms with Gasteiger partial charge in [0, 0.05) is 5.39 Å². The molecule has 0 radical (unpaired) electrons. The van der Waals surface area contributed by atoms with E-state index in [0.717, 1.165) is 0 Å². The molecule has 0 saturated heterocycles. The Morgan fingerprint density at radius 3 is 2.79 bits per heavy atom. The standard InChI is InChI=1S/C17H13FN4O2/c18-11-5-3-4-10(8-11)9-20-22-17(24)14-15(19)12-6-1-2-7-13(12)21-16(14)23/h1-9H,(H,22,24)(H3,19,21,23)/b20-9+. The highest BCUT2D eigenvalue weighted by atomic mass is 19.1. The number of para-hydroxylation sites is 1. The summed E-state index contributed by atoms with van der Waals surface area (Å²) < 4.78 is 13.1. The third kappa shape index (κ3) is 3.00. The molecule has 4 N–H and O–H groups in total. The van der Waals surface area contributed by atoms with Crippen LogP contribution in [0, 0.1) is 5.82 Å². The molecule has 120 valence electrons. The van der Waals surface area contributed by atoms with Crippen LogP contribution in [0.1, 0.15) is 15.9 Å². The molecular formula is C17H13FN4O2. The SMILES string of the molecule is Nc1c(C(=O)N/N=C/c2cccc(F)c2)c(=O)[nH]c2ccccc12. The van der Waals surface area contributed by atoms with Gasteiger partial charge in [0.15, 0.2) is 0 Å². The maximum Gasteiger partial charge on any atom is 0.279 e. The number of anilines is 1. The zero-order valence-electron chi connectivity index (χ0n) is 12.4. The average molecular weight is 324 g/mol. The number of hydrogen-bond donors (Lipinski definition) is 3. The summed E-state index contributed by atoms with van der Waals surface area (Å²) in [4.78, 5) is 26.9. The van der Waals surface area contributed by atoms with Gasteiger partial charge in [0.05, 0.1) is 17.4 Å². The minimum absolute atomic E-state index is 0.0767. The van der Waals surface area contributed by atoms with E-state index in [0.29, 0.717) is 16.5 Å². The van der Waals surface area contributed by atoms with Crippen LogP contribution in [0.25, 0.3) is 10.9 Å². The quantitative estimate of drug-likeness (QED) is 0.507. The Labute approximate surface area is 135 Å². The van der Waals surface area contributed by atoms with Crippen molar-refractivity contribution in [1.29, 1.82) is 0 Å². The van der Waals surface area contributed by atoms with Crippen molar-refractivity contribution in [3.05, 3.63) is 75.8 Å². The number of nitrogens with zero attached hydrogens (tertiary/aromatic N) is 1. The number of halogens is 1. The number of hydrazone groups is 1. The van der Waals surface area contributed by atoms with Gasteiger partial charge in [0.1, 0.15) is 11.4 Å². The van der Waals surface area contributed by atoms with Crippen LogP contribution in [-0.4, -0.2) is 17.1 Å². The summed E-state index contributed by atoms with van der Waals surface area (Å²) in [6.45, 7) is 0. The predicted octanol–water partition coefficient (Wildman–Crippen LogP) is 2.01. The van der Waals surface area contributed by atoms with Gasteiger partial charge in [-0.05, 0) is 23.8 Å².